The molecule has 2 aromatic heterocycles. The van der Waals surface area contributed by atoms with Crippen LogP contribution in [-0.4, -0.2) is 21.3 Å². The van der Waals surface area contributed by atoms with Crippen molar-refractivity contribution in [1.82, 2.24) is 14.8 Å². The number of aryl methyl sites for hydroxylation is 1. The molecule has 0 bridgehead atoms. The predicted octanol–water partition coefficient (Wildman–Crippen LogP) is 1.34. The Morgan fingerprint density at radius 3 is 2.88 bits per heavy atom. The summed E-state index contributed by atoms with van der Waals surface area (Å²) in [5.41, 5.74) is 1.74. The molecule has 5 nitrogen and oxygen atoms in total. The molecule has 2 heterocycles. The van der Waals surface area contributed by atoms with Crippen molar-refractivity contribution in [3.05, 3.63) is 41.9 Å². The molecule has 0 unspecified atom stereocenters. The monoisotopic (exact) mass is 227 g/mol. The van der Waals surface area contributed by atoms with Gasteiger partial charge in [-0.05, 0) is 18.2 Å². The number of hydrogen-bond donors (Lipinski definition) is 1. The van der Waals surface area contributed by atoms with Crippen molar-refractivity contribution in [3.63, 3.8) is 0 Å². The maximum absolute atomic E-state index is 8.64. The SMILES string of the molecule is Cn1nccc1CCNc1ccc(C#N)cn1. The van der Waals surface area contributed by atoms with E-state index in [0.29, 0.717) is 5.56 Å². The van der Waals surface area contributed by atoms with Crippen LogP contribution in [-0.2, 0) is 13.5 Å². The maximum atomic E-state index is 8.64. The fourth-order valence-electron chi connectivity index (χ4n) is 1.53. The highest BCUT2D eigenvalue weighted by molar-refractivity contribution is 5.38. The van der Waals surface area contributed by atoms with Crippen LogP contribution in [0.5, 0.6) is 0 Å². The van der Waals surface area contributed by atoms with Gasteiger partial charge < -0.3 is 5.32 Å². The summed E-state index contributed by atoms with van der Waals surface area (Å²) >= 11 is 0. The summed E-state index contributed by atoms with van der Waals surface area (Å²) in [5, 5.41) is 15.9. The Hall–Kier alpha value is -2.35. The lowest BCUT2D eigenvalue weighted by Crippen LogP contribution is -2.09. The zero-order chi connectivity index (χ0) is 12.1. The van der Waals surface area contributed by atoms with E-state index in [0.717, 1.165) is 18.8 Å². The van der Waals surface area contributed by atoms with E-state index in [4.69, 9.17) is 5.26 Å². The van der Waals surface area contributed by atoms with Crippen LogP contribution < -0.4 is 5.32 Å². The third-order valence-electron chi connectivity index (χ3n) is 2.50. The van der Waals surface area contributed by atoms with Crippen molar-refractivity contribution < 1.29 is 0 Å². The van der Waals surface area contributed by atoms with Crippen LogP contribution in [0.2, 0.25) is 0 Å². The van der Waals surface area contributed by atoms with Gasteiger partial charge in [0.2, 0.25) is 0 Å². The molecule has 0 saturated carbocycles. The zero-order valence-corrected chi connectivity index (χ0v) is 9.59. The van der Waals surface area contributed by atoms with Crippen LogP contribution in [0.3, 0.4) is 0 Å². The highest BCUT2D eigenvalue weighted by Crippen LogP contribution is 2.04. The first-order chi connectivity index (χ1) is 8.29. The van der Waals surface area contributed by atoms with Gasteiger partial charge in [-0.1, -0.05) is 0 Å². The van der Waals surface area contributed by atoms with Crippen LogP contribution in [0.25, 0.3) is 0 Å². The third kappa shape index (κ3) is 2.82. The number of nitrogens with one attached hydrogen (secondary N) is 1. The van der Waals surface area contributed by atoms with Gasteiger partial charge in [-0.3, -0.25) is 4.68 Å². The summed E-state index contributed by atoms with van der Waals surface area (Å²) in [4.78, 5) is 4.13. The average Bonchev–Trinajstić information content (AvgIpc) is 2.76. The molecule has 2 aromatic rings. The molecule has 0 saturated heterocycles. The van der Waals surface area contributed by atoms with Gasteiger partial charge in [0.05, 0.1) is 5.56 Å². The quantitative estimate of drug-likeness (QED) is 0.856. The third-order valence-corrected chi connectivity index (χ3v) is 2.50. The second-order valence-electron chi connectivity index (χ2n) is 3.67. The summed E-state index contributed by atoms with van der Waals surface area (Å²) in [6.45, 7) is 0.790. The molecule has 0 spiro atoms. The first-order valence-corrected chi connectivity index (χ1v) is 5.36. The minimum atomic E-state index is 0.571. The number of nitrogens with zero attached hydrogens (tertiary/aromatic N) is 4. The van der Waals surface area contributed by atoms with Crippen LogP contribution in [0, 0.1) is 11.3 Å². The molecule has 0 aliphatic heterocycles. The molecule has 0 radical (unpaired) electrons. The Balaban J connectivity index is 1.86. The minimum absolute atomic E-state index is 0.571. The number of anilines is 1. The molecule has 0 aromatic carbocycles. The van der Waals surface area contributed by atoms with E-state index in [-0.39, 0.29) is 0 Å². The van der Waals surface area contributed by atoms with Crippen molar-refractivity contribution in [2.75, 3.05) is 11.9 Å². The first-order valence-electron chi connectivity index (χ1n) is 5.36. The fraction of sp³-hybridized carbons (Fsp3) is 0.250. The molecule has 0 fully saturated rings. The standard InChI is InChI=1S/C12H13N5/c1-17-11(5-7-16-17)4-6-14-12-3-2-10(8-13)9-15-12/h2-3,5,7,9H,4,6H2,1H3,(H,14,15). The van der Waals surface area contributed by atoms with Gasteiger partial charge in [0.25, 0.3) is 0 Å². The topological polar surface area (TPSA) is 66.5 Å². The lowest BCUT2D eigenvalue weighted by atomic mass is 10.3. The normalized spacial score (nSPS) is 9.88. The van der Waals surface area contributed by atoms with E-state index in [9.17, 15) is 0 Å². The number of nitriles is 1. The largest absolute Gasteiger partial charge is 0.370 e. The molecule has 1 N–H and O–H groups in total. The summed E-state index contributed by atoms with van der Waals surface area (Å²) in [6, 6.07) is 7.59. The Labute approximate surface area is 99.7 Å². The van der Waals surface area contributed by atoms with Crippen molar-refractivity contribution >= 4 is 5.82 Å². The molecule has 0 aliphatic carbocycles. The summed E-state index contributed by atoms with van der Waals surface area (Å²) in [5.74, 6) is 0.783. The molecule has 2 rings (SSSR count). The molecule has 0 atom stereocenters. The van der Waals surface area contributed by atoms with E-state index in [1.54, 1.807) is 18.5 Å². The Bertz CT molecular complexity index is 521. The molecule has 0 amide bonds. The zero-order valence-electron chi connectivity index (χ0n) is 9.59. The van der Waals surface area contributed by atoms with E-state index >= 15 is 0 Å². The number of aromatic nitrogens is 3. The maximum Gasteiger partial charge on any atom is 0.125 e. The van der Waals surface area contributed by atoms with Crippen LogP contribution >= 0.6 is 0 Å². The Morgan fingerprint density at radius 2 is 2.29 bits per heavy atom. The highest BCUT2D eigenvalue weighted by atomic mass is 15.3. The van der Waals surface area contributed by atoms with E-state index in [2.05, 4.69) is 15.4 Å². The molecular weight excluding hydrogens is 214 g/mol. The van der Waals surface area contributed by atoms with Gasteiger partial charge >= 0.3 is 0 Å². The van der Waals surface area contributed by atoms with Crippen molar-refractivity contribution in [1.29, 1.82) is 5.26 Å². The fourth-order valence-corrected chi connectivity index (χ4v) is 1.53. The Kier molecular flexibility index (Phi) is 3.36. The minimum Gasteiger partial charge on any atom is -0.370 e. The van der Waals surface area contributed by atoms with E-state index in [1.807, 2.05) is 29.9 Å². The Morgan fingerprint density at radius 1 is 1.41 bits per heavy atom. The van der Waals surface area contributed by atoms with E-state index < -0.39 is 0 Å². The summed E-state index contributed by atoms with van der Waals surface area (Å²) in [6.07, 6.45) is 4.24. The van der Waals surface area contributed by atoms with Crippen molar-refractivity contribution in [2.45, 2.75) is 6.42 Å². The van der Waals surface area contributed by atoms with Gasteiger partial charge in [-0.25, -0.2) is 4.98 Å². The van der Waals surface area contributed by atoms with Crippen LogP contribution in [0.15, 0.2) is 30.6 Å². The number of rotatable bonds is 4. The van der Waals surface area contributed by atoms with Gasteiger partial charge in [0.1, 0.15) is 11.9 Å². The average molecular weight is 227 g/mol. The van der Waals surface area contributed by atoms with E-state index in [1.165, 1.54) is 5.69 Å². The van der Waals surface area contributed by atoms with Crippen molar-refractivity contribution in [2.24, 2.45) is 7.05 Å². The predicted molar refractivity (Wildman–Crippen MR) is 64.4 cm³/mol. The highest BCUT2D eigenvalue weighted by Gasteiger charge is 1.99. The molecule has 5 heteroatoms. The molecule has 86 valence electrons. The van der Waals surface area contributed by atoms with Crippen molar-refractivity contribution in [3.8, 4) is 6.07 Å². The smallest absolute Gasteiger partial charge is 0.125 e. The summed E-state index contributed by atoms with van der Waals surface area (Å²) in [7, 11) is 1.93. The van der Waals surface area contributed by atoms with Gasteiger partial charge in [0.15, 0.2) is 0 Å². The molecular formula is C12H13N5. The van der Waals surface area contributed by atoms with Gasteiger partial charge in [-0.15, -0.1) is 0 Å². The lowest BCUT2D eigenvalue weighted by molar-refractivity contribution is 0.711. The van der Waals surface area contributed by atoms with Gasteiger partial charge in [-0.2, -0.15) is 10.4 Å². The second-order valence-corrected chi connectivity index (χ2v) is 3.67. The second kappa shape index (κ2) is 5.12. The number of pyridine rings is 1. The molecule has 0 aliphatic rings. The molecule has 17 heavy (non-hydrogen) atoms. The van der Waals surface area contributed by atoms with Crippen LogP contribution in [0.1, 0.15) is 11.3 Å². The van der Waals surface area contributed by atoms with Gasteiger partial charge in [0, 0.05) is 38.1 Å². The van der Waals surface area contributed by atoms with Crippen LogP contribution in [0.4, 0.5) is 5.82 Å². The summed E-state index contributed by atoms with van der Waals surface area (Å²) < 4.78 is 1.86. The first kappa shape index (κ1) is 11.1. The lowest BCUT2D eigenvalue weighted by Gasteiger charge is -2.05. The number of hydrogen-bond acceptors (Lipinski definition) is 4.